The van der Waals surface area contributed by atoms with Crippen LogP contribution in [-0.2, 0) is 26.6 Å². The van der Waals surface area contributed by atoms with Crippen molar-refractivity contribution in [3.8, 4) is 0 Å². The van der Waals surface area contributed by atoms with Gasteiger partial charge in [-0.15, -0.1) is 41.5 Å². The number of hydrogen-bond donors (Lipinski definition) is 1. The monoisotopic (exact) mass is 420 g/mol. The molecule has 0 aliphatic heterocycles. The topological polar surface area (TPSA) is 32.7 Å². The van der Waals surface area contributed by atoms with Gasteiger partial charge in [0.25, 0.3) is 0 Å². The van der Waals surface area contributed by atoms with Crippen molar-refractivity contribution in [3.63, 3.8) is 0 Å². The molecule has 0 unspecified atom stereocenters. The second-order valence-electron chi connectivity index (χ2n) is 6.96. The normalized spacial score (nSPS) is 12.6. The summed E-state index contributed by atoms with van der Waals surface area (Å²) < 4.78 is 0. The second kappa shape index (κ2) is 15.0. The summed E-state index contributed by atoms with van der Waals surface area (Å²) in [5.41, 5.74) is 4.15. The van der Waals surface area contributed by atoms with Crippen LogP contribution in [0.5, 0.6) is 0 Å². The number of nitrogens with zero attached hydrogens (tertiary/aromatic N) is 1. The molecule has 25 heavy (non-hydrogen) atoms. The number of benzene rings is 1. The Balaban J connectivity index is -0.000000425. The standard InChI is InChI=1S/C14H16N.C5H12O2.2ClH.Ti/c1-15(2)11-13-9-6-10-14(13)12-7-4-3-5-8-12;1-5(2,3)4-7-6;;;/h3-7,9H,10-11H2,1-2H3;6H,4H2,1-3H3;2*1H;/q-1;;;;+3/p-2. The molecule has 0 bridgehead atoms. The van der Waals surface area contributed by atoms with Crippen molar-refractivity contribution in [2.75, 3.05) is 27.2 Å². The molecule has 1 aliphatic carbocycles. The Hall–Kier alpha value is -0.126. The first-order valence-corrected chi connectivity index (χ1v) is 7.60. The van der Waals surface area contributed by atoms with E-state index in [4.69, 9.17) is 5.26 Å². The minimum Gasteiger partial charge on any atom is -1.00 e. The average molecular weight is 421 g/mol. The zero-order valence-electron chi connectivity index (χ0n) is 15.6. The third-order valence-corrected chi connectivity index (χ3v) is 3.05. The van der Waals surface area contributed by atoms with E-state index < -0.39 is 0 Å². The molecule has 0 aromatic heterocycles. The summed E-state index contributed by atoms with van der Waals surface area (Å²) in [4.78, 5) is 6.11. The van der Waals surface area contributed by atoms with E-state index in [1.165, 1.54) is 16.7 Å². The number of hydrogen-bond acceptors (Lipinski definition) is 3. The van der Waals surface area contributed by atoms with Gasteiger partial charge in [0.1, 0.15) is 0 Å². The van der Waals surface area contributed by atoms with Gasteiger partial charge in [-0.1, -0.05) is 38.5 Å². The van der Waals surface area contributed by atoms with Gasteiger partial charge in [-0.05, 0) is 25.9 Å². The van der Waals surface area contributed by atoms with Crippen LogP contribution in [0.3, 0.4) is 0 Å². The van der Waals surface area contributed by atoms with E-state index in [9.17, 15) is 0 Å². The fraction of sp³-hybridized carbons (Fsp3) is 0.474. The summed E-state index contributed by atoms with van der Waals surface area (Å²) in [6.07, 6.45) is 5.51. The van der Waals surface area contributed by atoms with Gasteiger partial charge in [0.05, 0.1) is 6.61 Å². The van der Waals surface area contributed by atoms with E-state index in [1.54, 1.807) is 0 Å². The molecule has 0 fully saturated rings. The molecule has 1 N–H and O–H groups in total. The molecule has 1 radical (unpaired) electrons. The summed E-state index contributed by atoms with van der Waals surface area (Å²) in [6.45, 7) is 7.37. The molecule has 1 aromatic rings. The van der Waals surface area contributed by atoms with Gasteiger partial charge in [-0.2, -0.15) is 0 Å². The molecule has 1 aliphatic rings. The van der Waals surface area contributed by atoms with Gasteiger partial charge < -0.3 is 29.7 Å². The molecule has 1 aromatic carbocycles. The maximum atomic E-state index is 7.90. The Morgan fingerprint density at radius 3 is 2.24 bits per heavy atom. The van der Waals surface area contributed by atoms with Gasteiger partial charge in [0.15, 0.2) is 0 Å². The van der Waals surface area contributed by atoms with Crippen LogP contribution in [0.25, 0.3) is 5.57 Å². The maximum absolute atomic E-state index is 7.90. The molecule has 3 nitrogen and oxygen atoms in total. The molecule has 139 valence electrons. The minimum atomic E-state index is 0. The van der Waals surface area contributed by atoms with Crippen LogP contribution in [0.4, 0.5) is 0 Å². The van der Waals surface area contributed by atoms with Crippen LogP contribution >= 0.6 is 0 Å². The molecule has 0 spiro atoms. The predicted molar refractivity (Wildman–Crippen MR) is 92.5 cm³/mol. The first-order chi connectivity index (χ1) is 10.3. The third kappa shape index (κ3) is 12.8. The van der Waals surface area contributed by atoms with Gasteiger partial charge in [-0.25, -0.2) is 4.89 Å². The van der Waals surface area contributed by atoms with Gasteiger partial charge in [0, 0.05) is 6.54 Å². The van der Waals surface area contributed by atoms with E-state index >= 15 is 0 Å². The fourth-order valence-electron chi connectivity index (χ4n) is 2.10. The van der Waals surface area contributed by atoms with Crippen LogP contribution in [-0.4, -0.2) is 37.4 Å². The van der Waals surface area contributed by atoms with Crippen molar-refractivity contribution in [1.82, 2.24) is 4.90 Å². The molecular weight excluding hydrogens is 393 g/mol. The first kappa shape index (κ1) is 29.6. The summed E-state index contributed by atoms with van der Waals surface area (Å²) >= 11 is 0. The molecule has 0 saturated heterocycles. The van der Waals surface area contributed by atoms with Crippen LogP contribution in [0, 0.1) is 11.5 Å². The fourth-order valence-corrected chi connectivity index (χ4v) is 2.10. The van der Waals surface area contributed by atoms with Crippen LogP contribution < -0.4 is 24.8 Å². The summed E-state index contributed by atoms with van der Waals surface area (Å²) in [5.74, 6) is 0. The Bertz CT molecular complexity index is 512. The Morgan fingerprint density at radius 1 is 1.20 bits per heavy atom. The van der Waals surface area contributed by atoms with E-state index in [2.05, 4.69) is 54.2 Å². The smallest absolute Gasteiger partial charge is 1.00 e. The van der Waals surface area contributed by atoms with E-state index in [1.807, 2.05) is 32.9 Å². The summed E-state index contributed by atoms with van der Waals surface area (Å²) in [7, 11) is 4.21. The van der Waals surface area contributed by atoms with Crippen molar-refractivity contribution in [2.45, 2.75) is 27.2 Å². The Morgan fingerprint density at radius 2 is 1.84 bits per heavy atom. The van der Waals surface area contributed by atoms with Crippen LogP contribution in [0.15, 0.2) is 42.0 Å². The van der Waals surface area contributed by atoms with Crippen LogP contribution in [0.2, 0.25) is 0 Å². The van der Waals surface area contributed by atoms with Crippen molar-refractivity contribution >= 4 is 5.57 Å². The zero-order valence-corrected chi connectivity index (χ0v) is 18.7. The van der Waals surface area contributed by atoms with Gasteiger partial charge >= 0.3 is 21.7 Å². The largest absolute Gasteiger partial charge is 3.00 e. The summed E-state index contributed by atoms with van der Waals surface area (Å²) in [5, 5.41) is 7.90. The molecule has 0 amide bonds. The van der Waals surface area contributed by atoms with Crippen LogP contribution in [0.1, 0.15) is 32.8 Å². The third-order valence-electron chi connectivity index (χ3n) is 3.05. The van der Waals surface area contributed by atoms with E-state index in [0.717, 1.165) is 13.0 Å². The van der Waals surface area contributed by atoms with Gasteiger partial charge in [0.2, 0.25) is 0 Å². The van der Waals surface area contributed by atoms with Crippen molar-refractivity contribution in [2.24, 2.45) is 5.41 Å². The second-order valence-corrected chi connectivity index (χ2v) is 6.96. The molecule has 2 rings (SSSR count). The first-order valence-electron chi connectivity index (χ1n) is 7.60. The number of halogens is 2. The Labute approximate surface area is 180 Å². The number of likely N-dealkylation sites (N-methyl/N-ethyl adjacent to an activating group) is 1. The number of allylic oxidation sites excluding steroid dienone is 2. The number of rotatable bonds is 4. The molecular formula is C19H28Cl2NO2Ti. The Kier molecular flexibility index (Phi) is 17.8. The zero-order chi connectivity index (χ0) is 16.6. The molecule has 0 atom stereocenters. The average Bonchev–Trinajstić information content (AvgIpc) is 2.86. The van der Waals surface area contributed by atoms with E-state index in [-0.39, 0.29) is 51.9 Å². The van der Waals surface area contributed by atoms with Crippen molar-refractivity contribution in [1.29, 1.82) is 0 Å². The van der Waals surface area contributed by atoms with Gasteiger partial charge in [-0.3, -0.25) is 5.26 Å². The molecule has 6 heteroatoms. The quantitative estimate of drug-likeness (QED) is 0.272. The molecule has 0 saturated carbocycles. The molecule has 0 heterocycles. The predicted octanol–water partition coefficient (Wildman–Crippen LogP) is -1.71. The summed E-state index contributed by atoms with van der Waals surface area (Å²) in [6, 6.07) is 11.5. The minimum absolute atomic E-state index is 0. The maximum Gasteiger partial charge on any atom is 3.00 e. The van der Waals surface area contributed by atoms with Crippen molar-refractivity contribution < 1.29 is 56.7 Å². The van der Waals surface area contributed by atoms with Crippen molar-refractivity contribution in [3.05, 3.63) is 53.6 Å². The SMILES string of the molecule is CC(C)(C)COO.CN(C)CC1=C(c2[c-]cccc2)CC=C1.[Cl-].[Cl-].[Ti+3]. The van der Waals surface area contributed by atoms with E-state index in [0.29, 0.717) is 6.61 Å².